The van der Waals surface area contributed by atoms with Crippen molar-refractivity contribution in [3.63, 3.8) is 0 Å². The Labute approximate surface area is 184 Å². The first-order valence-corrected chi connectivity index (χ1v) is 11.9. The van der Waals surface area contributed by atoms with Gasteiger partial charge in [-0.2, -0.15) is 14.4 Å². The van der Waals surface area contributed by atoms with E-state index in [-0.39, 0.29) is 48.4 Å². The molecule has 2 aromatic rings. The van der Waals surface area contributed by atoms with E-state index < -0.39 is 25.3 Å². The maximum Gasteiger partial charge on any atom is 0.367 e. The van der Waals surface area contributed by atoms with Crippen molar-refractivity contribution in [2.75, 3.05) is 24.9 Å². The molecule has 0 unspecified atom stereocenters. The molecule has 2 aromatic heterocycles. The third-order valence-electron chi connectivity index (χ3n) is 4.37. The molecule has 0 bridgehead atoms. The Morgan fingerprint density at radius 3 is 2.62 bits per heavy atom. The largest absolute Gasteiger partial charge is 0.453 e. The van der Waals surface area contributed by atoms with Crippen molar-refractivity contribution < 1.29 is 32.3 Å². The predicted molar refractivity (Wildman–Crippen MR) is 113 cm³/mol. The molecule has 3 heterocycles. The summed E-state index contributed by atoms with van der Waals surface area (Å²) >= 11 is 0. The topological polar surface area (TPSA) is 127 Å². The third kappa shape index (κ3) is 5.43. The van der Waals surface area contributed by atoms with Gasteiger partial charge in [0.1, 0.15) is 6.33 Å². The van der Waals surface area contributed by atoms with Crippen molar-refractivity contribution in [3.8, 4) is 0 Å². The van der Waals surface area contributed by atoms with E-state index in [1.54, 1.807) is 40.7 Å². The summed E-state index contributed by atoms with van der Waals surface area (Å²) in [5, 5.41) is 2.60. The quantitative estimate of drug-likeness (QED) is 0.427. The SMILES string of the molecule is CCOP(=O)(COC1=CC[C@H](n2cnc3c(NC(=O)C(C)(C)C)nc(F)nc32)O1)OCC. The lowest BCUT2D eigenvalue weighted by Crippen LogP contribution is -2.28. The molecule has 176 valence electrons. The lowest BCUT2D eigenvalue weighted by Gasteiger charge is -2.19. The van der Waals surface area contributed by atoms with Gasteiger partial charge in [0, 0.05) is 17.9 Å². The number of anilines is 1. The highest BCUT2D eigenvalue weighted by atomic mass is 31.2. The van der Waals surface area contributed by atoms with E-state index in [9.17, 15) is 13.8 Å². The monoisotopic (exact) mass is 471 g/mol. The first kappa shape index (κ1) is 24.1. The smallest absolute Gasteiger partial charge is 0.367 e. The molecule has 0 saturated heterocycles. The van der Waals surface area contributed by atoms with Gasteiger partial charge in [-0.05, 0) is 13.8 Å². The van der Waals surface area contributed by atoms with Crippen LogP contribution in [-0.2, 0) is 27.9 Å². The highest BCUT2D eigenvalue weighted by Gasteiger charge is 2.30. The Bertz CT molecular complexity index is 1060. The summed E-state index contributed by atoms with van der Waals surface area (Å²) in [5.74, 6) is -0.232. The Balaban J connectivity index is 1.75. The van der Waals surface area contributed by atoms with Crippen molar-refractivity contribution in [2.45, 2.75) is 47.3 Å². The van der Waals surface area contributed by atoms with Crippen molar-refractivity contribution >= 4 is 30.5 Å². The lowest BCUT2D eigenvalue weighted by atomic mass is 9.96. The molecule has 13 heteroatoms. The van der Waals surface area contributed by atoms with Crippen molar-refractivity contribution in [1.82, 2.24) is 19.5 Å². The molecule has 0 aliphatic carbocycles. The summed E-state index contributed by atoms with van der Waals surface area (Å²) in [6, 6.07) is 0. The zero-order valence-corrected chi connectivity index (χ0v) is 19.5. The molecule has 1 amide bonds. The van der Waals surface area contributed by atoms with E-state index in [1.165, 1.54) is 10.9 Å². The first-order valence-electron chi connectivity index (χ1n) is 10.2. The first-order chi connectivity index (χ1) is 15.1. The van der Waals surface area contributed by atoms with Gasteiger partial charge in [0.15, 0.2) is 29.6 Å². The minimum absolute atomic E-state index is 0.0250. The fourth-order valence-electron chi connectivity index (χ4n) is 2.82. The number of nitrogens with zero attached hydrogens (tertiary/aromatic N) is 4. The van der Waals surface area contributed by atoms with Crippen LogP contribution in [-0.4, -0.2) is 45.0 Å². The number of halogens is 1. The van der Waals surface area contributed by atoms with Crippen LogP contribution in [0.3, 0.4) is 0 Å². The minimum Gasteiger partial charge on any atom is -0.453 e. The second kappa shape index (κ2) is 9.51. The number of carbonyl (C=O) groups is 1. The molecule has 1 aliphatic rings. The summed E-state index contributed by atoms with van der Waals surface area (Å²) in [6.45, 7) is 9.02. The van der Waals surface area contributed by atoms with Gasteiger partial charge in [0.05, 0.1) is 13.2 Å². The van der Waals surface area contributed by atoms with Crippen LogP contribution in [0, 0.1) is 11.5 Å². The number of fused-ring (bicyclic) bond motifs is 1. The van der Waals surface area contributed by atoms with Crippen LogP contribution in [0.15, 0.2) is 18.3 Å². The number of rotatable bonds is 9. The van der Waals surface area contributed by atoms with E-state index in [0.717, 1.165) is 0 Å². The second-order valence-corrected chi connectivity index (χ2v) is 9.92. The van der Waals surface area contributed by atoms with Gasteiger partial charge in [0.25, 0.3) is 5.95 Å². The van der Waals surface area contributed by atoms with Gasteiger partial charge < -0.3 is 23.8 Å². The summed E-state index contributed by atoms with van der Waals surface area (Å²) in [4.78, 5) is 24.0. The van der Waals surface area contributed by atoms with Crippen LogP contribution in [0.25, 0.3) is 11.2 Å². The van der Waals surface area contributed by atoms with Crippen molar-refractivity contribution in [2.24, 2.45) is 5.41 Å². The molecule has 0 fully saturated rings. The highest BCUT2D eigenvalue weighted by molar-refractivity contribution is 7.53. The molecule has 0 aromatic carbocycles. The van der Waals surface area contributed by atoms with Gasteiger partial charge in [-0.25, -0.2) is 4.98 Å². The van der Waals surface area contributed by atoms with Crippen LogP contribution in [0.2, 0.25) is 0 Å². The van der Waals surface area contributed by atoms with Crippen LogP contribution in [0.1, 0.15) is 47.3 Å². The molecule has 1 aliphatic heterocycles. The molecule has 0 spiro atoms. The minimum atomic E-state index is -3.40. The number of ether oxygens (including phenoxy) is 2. The third-order valence-corrected chi connectivity index (χ3v) is 6.12. The number of hydrogen-bond acceptors (Lipinski definition) is 9. The molecule has 32 heavy (non-hydrogen) atoms. The molecule has 11 nitrogen and oxygen atoms in total. The highest BCUT2D eigenvalue weighted by Crippen LogP contribution is 2.48. The number of hydrogen-bond donors (Lipinski definition) is 1. The van der Waals surface area contributed by atoms with E-state index in [2.05, 4.69) is 20.3 Å². The number of amides is 1. The predicted octanol–water partition coefficient (Wildman–Crippen LogP) is 3.95. The van der Waals surface area contributed by atoms with E-state index in [4.69, 9.17) is 18.5 Å². The fraction of sp³-hybridized carbons (Fsp3) is 0.579. The number of imidazole rings is 1. The van der Waals surface area contributed by atoms with Gasteiger partial charge in [0.2, 0.25) is 5.91 Å². The molecule has 0 radical (unpaired) electrons. The Morgan fingerprint density at radius 2 is 2.00 bits per heavy atom. The van der Waals surface area contributed by atoms with Crippen LogP contribution >= 0.6 is 7.60 Å². The number of aromatic nitrogens is 4. The van der Waals surface area contributed by atoms with Crippen molar-refractivity contribution in [1.29, 1.82) is 0 Å². The summed E-state index contributed by atoms with van der Waals surface area (Å²) in [6.07, 6.45) is 1.48. The van der Waals surface area contributed by atoms with Crippen molar-refractivity contribution in [3.05, 3.63) is 24.4 Å². The zero-order chi connectivity index (χ0) is 23.5. The normalized spacial score (nSPS) is 16.7. The lowest BCUT2D eigenvalue weighted by molar-refractivity contribution is -0.123. The zero-order valence-electron chi connectivity index (χ0n) is 18.6. The van der Waals surface area contributed by atoms with Crippen LogP contribution in [0.5, 0.6) is 0 Å². The van der Waals surface area contributed by atoms with Gasteiger partial charge >= 0.3 is 13.7 Å². The van der Waals surface area contributed by atoms with E-state index in [0.29, 0.717) is 6.42 Å². The molecule has 1 atom stereocenters. The van der Waals surface area contributed by atoms with Crippen LogP contribution in [0.4, 0.5) is 10.2 Å². The Hall–Kier alpha value is -2.56. The van der Waals surface area contributed by atoms with E-state index >= 15 is 0 Å². The maximum atomic E-state index is 14.1. The van der Waals surface area contributed by atoms with Crippen LogP contribution < -0.4 is 5.32 Å². The Morgan fingerprint density at radius 1 is 1.31 bits per heavy atom. The molecular formula is C19H27FN5O6P. The van der Waals surface area contributed by atoms with Gasteiger partial charge in [-0.15, -0.1) is 0 Å². The standard InChI is InChI=1S/C19H27FN5O6P/c1-6-29-32(27,30-7-2)11-28-13-9-8-12(31-13)25-10-21-14-15(22-17(26)19(3,4)5)23-18(20)24-16(14)25/h9-10,12H,6-8,11H2,1-5H3,(H,22,23,24,26)/t12-/m1/s1. The Kier molecular flexibility index (Phi) is 7.16. The average molecular weight is 471 g/mol. The number of carbonyl (C=O) groups excluding carboxylic acids is 1. The number of nitrogens with one attached hydrogen (secondary N) is 1. The second-order valence-electron chi connectivity index (χ2n) is 7.92. The maximum absolute atomic E-state index is 14.1. The molecule has 3 rings (SSSR count). The summed E-state index contributed by atoms with van der Waals surface area (Å²) in [5.41, 5.74) is -0.335. The average Bonchev–Trinajstić information content (AvgIpc) is 3.32. The fourth-order valence-corrected chi connectivity index (χ4v) is 4.12. The van der Waals surface area contributed by atoms with Gasteiger partial charge in [-0.3, -0.25) is 13.9 Å². The summed E-state index contributed by atoms with van der Waals surface area (Å²) < 4.78 is 49.7. The van der Waals surface area contributed by atoms with E-state index in [1.807, 2.05) is 0 Å². The van der Waals surface area contributed by atoms with Gasteiger partial charge in [-0.1, -0.05) is 20.8 Å². The molecule has 0 saturated carbocycles. The summed E-state index contributed by atoms with van der Waals surface area (Å²) in [7, 11) is -3.40. The molecule has 1 N–H and O–H groups in total. The molecular weight excluding hydrogens is 444 g/mol.